The molecule has 1 saturated heterocycles. The second-order valence-electron chi connectivity index (χ2n) is 5.02. The van der Waals surface area contributed by atoms with Gasteiger partial charge in [0.05, 0.1) is 11.4 Å². The molecule has 1 fully saturated rings. The van der Waals surface area contributed by atoms with Crippen LogP contribution in [0, 0.1) is 0 Å². The predicted octanol–water partition coefficient (Wildman–Crippen LogP) is 5.88. The van der Waals surface area contributed by atoms with Gasteiger partial charge in [0.25, 0.3) is 11.1 Å². The van der Waals surface area contributed by atoms with E-state index in [2.05, 4.69) is 0 Å². The van der Waals surface area contributed by atoms with Crippen molar-refractivity contribution in [1.29, 1.82) is 0 Å². The standard InChI is InChI=1S/C17H10Cl3NO2S/c18-11-4-1-3-10(7-11)8-15-16(22)21(17(23)24-15)9-12-13(19)5-2-6-14(12)20/h1-8H,9H2/b15-8-. The number of hydrogen-bond acceptors (Lipinski definition) is 3. The zero-order valence-electron chi connectivity index (χ0n) is 12.1. The highest BCUT2D eigenvalue weighted by molar-refractivity contribution is 8.18. The van der Waals surface area contributed by atoms with Gasteiger partial charge in [-0.05, 0) is 47.7 Å². The molecule has 0 aromatic heterocycles. The SMILES string of the molecule is O=C1S/C(=C\c2cccc(Cl)c2)C(=O)N1Cc1c(Cl)cccc1Cl. The third kappa shape index (κ3) is 3.62. The summed E-state index contributed by atoms with van der Waals surface area (Å²) >= 11 is 19.1. The number of amides is 2. The van der Waals surface area contributed by atoms with Crippen LogP contribution in [0.3, 0.4) is 0 Å². The lowest BCUT2D eigenvalue weighted by atomic mass is 10.2. The van der Waals surface area contributed by atoms with Crippen LogP contribution in [-0.2, 0) is 11.3 Å². The Balaban J connectivity index is 1.87. The molecule has 122 valence electrons. The zero-order chi connectivity index (χ0) is 17.3. The van der Waals surface area contributed by atoms with Crippen LogP contribution in [0.4, 0.5) is 4.79 Å². The van der Waals surface area contributed by atoms with E-state index in [1.807, 2.05) is 6.07 Å². The van der Waals surface area contributed by atoms with Crippen LogP contribution in [0.25, 0.3) is 6.08 Å². The van der Waals surface area contributed by atoms with Gasteiger partial charge in [-0.3, -0.25) is 14.5 Å². The van der Waals surface area contributed by atoms with E-state index in [1.165, 1.54) is 0 Å². The molecule has 0 unspecified atom stereocenters. The molecular formula is C17H10Cl3NO2S. The molecule has 7 heteroatoms. The fourth-order valence-corrected chi connectivity index (χ4v) is 3.78. The van der Waals surface area contributed by atoms with Gasteiger partial charge in [0.15, 0.2) is 0 Å². The van der Waals surface area contributed by atoms with E-state index < -0.39 is 0 Å². The first kappa shape index (κ1) is 17.4. The Hall–Kier alpha value is -1.46. The summed E-state index contributed by atoms with van der Waals surface area (Å²) in [6.45, 7) is 0.0378. The Kier molecular flexibility index (Phi) is 5.21. The number of carbonyl (C=O) groups is 2. The van der Waals surface area contributed by atoms with Gasteiger partial charge in [-0.15, -0.1) is 0 Å². The number of nitrogens with zero attached hydrogens (tertiary/aromatic N) is 1. The molecule has 24 heavy (non-hydrogen) atoms. The van der Waals surface area contributed by atoms with Crippen molar-refractivity contribution in [1.82, 2.24) is 4.90 Å². The first-order valence-corrected chi connectivity index (χ1v) is 8.84. The van der Waals surface area contributed by atoms with Crippen molar-refractivity contribution in [3.05, 3.63) is 73.6 Å². The normalized spacial score (nSPS) is 16.3. The van der Waals surface area contributed by atoms with Crippen LogP contribution in [0.5, 0.6) is 0 Å². The second-order valence-corrected chi connectivity index (χ2v) is 7.27. The van der Waals surface area contributed by atoms with E-state index in [-0.39, 0.29) is 17.7 Å². The fourth-order valence-electron chi connectivity index (χ4n) is 2.23. The molecule has 0 N–H and O–H groups in total. The highest BCUT2D eigenvalue weighted by Crippen LogP contribution is 2.35. The molecule has 0 bridgehead atoms. The van der Waals surface area contributed by atoms with Crippen LogP contribution in [0.1, 0.15) is 11.1 Å². The molecule has 1 aliphatic rings. The molecule has 0 radical (unpaired) electrons. The molecule has 0 spiro atoms. The Morgan fingerprint density at radius 2 is 1.67 bits per heavy atom. The first-order chi connectivity index (χ1) is 11.5. The van der Waals surface area contributed by atoms with Gasteiger partial charge < -0.3 is 0 Å². The fraction of sp³-hybridized carbons (Fsp3) is 0.0588. The van der Waals surface area contributed by atoms with Gasteiger partial charge in [0, 0.05) is 20.6 Å². The minimum absolute atomic E-state index is 0.0378. The average molecular weight is 399 g/mol. The van der Waals surface area contributed by atoms with Crippen LogP contribution in [0.15, 0.2) is 47.4 Å². The van der Waals surface area contributed by atoms with Gasteiger partial charge in [0.2, 0.25) is 0 Å². The minimum Gasteiger partial charge on any atom is -0.268 e. The third-order valence-corrected chi connectivity index (χ3v) is 5.25. The summed E-state index contributed by atoms with van der Waals surface area (Å²) in [4.78, 5) is 26.2. The molecule has 0 aliphatic carbocycles. The molecule has 2 aromatic carbocycles. The molecule has 1 heterocycles. The van der Waals surface area contributed by atoms with Crippen molar-refractivity contribution in [2.45, 2.75) is 6.54 Å². The molecule has 2 aromatic rings. The summed E-state index contributed by atoms with van der Waals surface area (Å²) in [5.41, 5.74) is 1.30. The number of thioether (sulfide) groups is 1. The zero-order valence-corrected chi connectivity index (χ0v) is 15.2. The molecule has 0 saturated carbocycles. The van der Waals surface area contributed by atoms with E-state index in [0.29, 0.717) is 25.5 Å². The van der Waals surface area contributed by atoms with Crippen molar-refractivity contribution in [2.75, 3.05) is 0 Å². The number of halogens is 3. The van der Waals surface area contributed by atoms with Gasteiger partial charge in [-0.1, -0.05) is 53.0 Å². The topological polar surface area (TPSA) is 37.4 Å². The average Bonchev–Trinajstić information content (AvgIpc) is 2.78. The van der Waals surface area contributed by atoms with E-state index in [0.717, 1.165) is 22.2 Å². The smallest absolute Gasteiger partial charge is 0.268 e. The van der Waals surface area contributed by atoms with Crippen molar-refractivity contribution in [3.8, 4) is 0 Å². The summed E-state index contributed by atoms with van der Waals surface area (Å²) in [6, 6.07) is 12.1. The van der Waals surface area contributed by atoms with Gasteiger partial charge in [0.1, 0.15) is 0 Å². The van der Waals surface area contributed by atoms with Crippen molar-refractivity contribution in [2.24, 2.45) is 0 Å². The van der Waals surface area contributed by atoms with Crippen molar-refractivity contribution >= 4 is 63.8 Å². The van der Waals surface area contributed by atoms with Gasteiger partial charge in [-0.2, -0.15) is 0 Å². The van der Waals surface area contributed by atoms with Gasteiger partial charge in [-0.25, -0.2) is 0 Å². The van der Waals surface area contributed by atoms with Crippen molar-refractivity contribution < 1.29 is 9.59 Å². The maximum Gasteiger partial charge on any atom is 0.293 e. The number of rotatable bonds is 3. The quantitative estimate of drug-likeness (QED) is 0.606. The molecule has 3 rings (SSSR count). The Bertz CT molecular complexity index is 846. The monoisotopic (exact) mass is 397 g/mol. The number of carbonyl (C=O) groups excluding carboxylic acids is 2. The Morgan fingerprint density at radius 3 is 2.33 bits per heavy atom. The molecule has 1 aliphatic heterocycles. The lowest BCUT2D eigenvalue weighted by Gasteiger charge is -2.14. The second kappa shape index (κ2) is 7.19. The van der Waals surface area contributed by atoms with E-state index in [4.69, 9.17) is 34.8 Å². The van der Waals surface area contributed by atoms with Crippen LogP contribution < -0.4 is 0 Å². The lowest BCUT2D eigenvalue weighted by molar-refractivity contribution is -0.123. The molecule has 3 nitrogen and oxygen atoms in total. The summed E-state index contributed by atoms with van der Waals surface area (Å²) in [7, 11) is 0. The first-order valence-electron chi connectivity index (χ1n) is 6.89. The van der Waals surface area contributed by atoms with E-state index >= 15 is 0 Å². The summed E-state index contributed by atoms with van der Waals surface area (Å²) in [5, 5.41) is 1.04. The Morgan fingerprint density at radius 1 is 1.00 bits per heavy atom. The van der Waals surface area contributed by atoms with Crippen LogP contribution >= 0.6 is 46.6 Å². The molecule has 0 atom stereocenters. The lowest BCUT2D eigenvalue weighted by Crippen LogP contribution is -2.27. The summed E-state index contributed by atoms with van der Waals surface area (Å²) in [5.74, 6) is -0.374. The predicted molar refractivity (Wildman–Crippen MR) is 99.4 cm³/mol. The summed E-state index contributed by atoms with van der Waals surface area (Å²) in [6.07, 6.45) is 1.64. The highest BCUT2D eigenvalue weighted by Gasteiger charge is 2.35. The molecular weight excluding hydrogens is 389 g/mol. The molecule has 2 amide bonds. The number of hydrogen-bond donors (Lipinski definition) is 0. The summed E-state index contributed by atoms with van der Waals surface area (Å²) < 4.78 is 0. The van der Waals surface area contributed by atoms with E-state index in [1.54, 1.807) is 42.5 Å². The number of imide groups is 1. The number of benzene rings is 2. The van der Waals surface area contributed by atoms with Crippen molar-refractivity contribution in [3.63, 3.8) is 0 Å². The van der Waals surface area contributed by atoms with Gasteiger partial charge >= 0.3 is 0 Å². The highest BCUT2D eigenvalue weighted by atomic mass is 35.5. The maximum atomic E-state index is 12.5. The van der Waals surface area contributed by atoms with E-state index in [9.17, 15) is 9.59 Å². The van der Waals surface area contributed by atoms with Crippen LogP contribution in [0.2, 0.25) is 15.1 Å². The Labute approximate surface area is 158 Å². The minimum atomic E-state index is -0.374. The largest absolute Gasteiger partial charge is 0.293 e. The third-order valence-electron chi connectivity index (χ3n) is 3.40. The van der Waals surface area contributed by atoms with Crippen LogP contribution in [-0.4, -0.2) is 16.0 Å². The maximum absolute atomic E-state index is 12.5.